The standard InChI is InChI=1S/C14H21NO3/c1-10(11-5-3-2-4-6-11)15-9-12-7-8-13(18-12)14(16)17/h7-8,10-11,15H,2-6,9H2,1H3,(H,16,17)/t10-/m1/s1. The van der Waals surface area contributed by atoms with Crippen LogP contribution in [-0.2, 0) is 6.54 Å². The Morgan fingerprint density at radius 2 is 2.17 bits per heavy atom. The normalized spacial score (nSPS) is 18.7. The van der Waals surface area contributed by atoms with E-state index in [4.69, 9.17) is 9.52 Å². The Morgan fingerprint density at radius 1 is 1.44 bits per heavy atom. The molecule has 0 unspecified atom stereocenters. The lowest BCUT2D eigenvalue weighted by Gasteiger charge is -2.28. The third kappa shape index (κ3) is 3.35. The first kappa shape index (κ1) is 13.1. The smallest absolute Gasteiger partial charge is 0.371 e. The van der Waals surface area contributed by atoms with Gasteiger partial charge in [-0.3, -0.25) is 0 Å². The number of hydrogen-bond acceptors (Lipinski definition) is 3. The average molecular weight is 251 g/mol. The molecule has 100 valence electrons. The second-order valence-corrected chi connectivity index (χ2v) is 5.14. The Bertz CT molecular complexity index is 393. The topological polar surface area (TPSA) is 62.5 Å². The second-order valence-electron chi connectivity index (χ2n) is 5.14. The highest BCUT2D eigenvalue weighted by Gasteiger charge is 2.19. The molecule has 0 aromatic carbocycles. The number of rotatable bonds is 5. The second kappa shape index (κ2) is 6.05. The SMILES string of the molecule is C[C@@H](NCc1ccc(C(=O)O)o1)C1CCCCC1. The van der Waals surface area contributed by atoms with E-state index in [1.165, 1.54) is 38.2 Å². The zero-order valence-corrected chi connectivity index (χ0v) is 10.8. The molecule has 1 aromatic rings. The van der Waals surface area contributed by atoms with Gasteiger partial charge in [0.2, 0.25) is 5.76 Å². The van der Waals surface area contributed by atoms with Gasteiger partial charge in [0, 0.05) is 6.04 Å². The van der Waals surface area contributed by atoms with E-state index >= 15 is 0 Å². The molecule has 0 saturated heterocycles. The summed E-state index contributed by atoms with van der Waals surface area (Å²) in [5.41, 5.74) is 0. The number of hydrogen-bond donors (Lipinski definition) is 2. The number of aromatic carboxylic acids is 1. The molecule has 1 aromatic heterocycles. The van der Waals surface area contributed by atoms with Crippen LogP contribution in [-0.4, -0.2) is 17.1 Å². The van der Waals surface area contributed by atoms with Crippen molar-refractivity contribution in [1.29, 1.82) is 0 Å². The van der Waals surface area contributed by atoms with Crippen molar-refractivity contribution in [2.24, 2.45) is 5.92 Å². The maximum atomic E-state index is 10.7. The van der Waals surface area contributed by atoms with Gasteiger partial charge in [-0.15, -0.1) is 0 Å². The van der Waals surface area contributed by atoms with E-state index in [2.05, 4.69) is 12.2 Å². The van der Waals surface area contributed by atoms with E-state index in [1.807, 2.05) is 0 Å². The quantitative estimate of drug-likeness (QED) is 0.844. The molecule has 1 heterocycles. The van der Waals surface area contributed by atoms with Crippen molar-refractivity contribution in [2.75, 3.05) is 0 Å². The summed E-state index contributed by atoms with van der Waals surface area (Å²) >= 11 is 0. The third-order valence-electron chi connectivity index (χ3n) is 3.83. The number of carbonyl (C=O) groups is 1. The highest BCUT2D eigenvalue weighted by Crippen LogP contribution is 2.26. The zero-order chi connectivity index (χ0) is 13.0. The molecule has 1 fully saturated rings. The van der Waals surface area contributed by atoms with E-state index < -0.39 is 5.97 Å². The lowest BCUT2D eigenvalue weighted by molar-refractivity contribution is 0.0660. The summed E-state index contributed by atoms with van der Waals surface area (Å²) in [6, 6.07) is 3.69. The van der Waals surface area contributed by atoms with Gasteiger partial charge in [-0.25, -0.2) is 4.79 Å². The Kier molecular flexibility index (Phi) is 4.42. The summed E-state index contributed by atoms with van der Waals surface area (Å²) in [5.74, 6) is 0.432. The van der Waals surface area contributed by atoms with Gasteiger partial charge < -0.3 is 14.8 Å². The van der Waals surface area contributed by atoms with Crippen molar-refractivity contribution in [1.82, 2.24) is 5.32 Å². The molecule has 0 bridgehead atoms. The van der Waals surface area contributed by atoms with Gasteiger partial charge in [0.1, 0.15) is 5.76 Å². The molecule has 0 amide bonds. The minimum absolute atomic E-state index is 0.0112. The van der Waals surface area contributed by atoms with Crippen LogP contribution in [0.25, 0.3) is 0 Å². The van der Waals surface area contributed by atoms with Gasteiger partial charge in [0.25, 0.3) is 0 Å². The molecule has 18 heavy (non-hydrogen) atoms. The average Bonchev–Trinajstić information content (AvgIpc) is 2.86. The molecule has 1 aliphatic carbocycles. The number of carboxylic acids is 1. The van der Waals surface area contributed by atoms with Crippen LogP contribution in [0.1, 0.15) is 55.3 Å². The Morgan fingerprint density at radius 3 is 2.78 bits per heavy atom. The van der Waals surface area contributed by atoms with Crippen molar-refractivity contribution >= 4 is 5.97 Å². The van der Waals surface area contributed by atoms with E-state index in [-0.39, 0.29) is 5.76 Å². The van der Waals surface area contributed by atoms with Crippen LogP contribution in [0.2, 0.25) is 0 Å². The molecule has 1 saturated carbocycles. The molecule has 1 aliphatic rings. The van der Waals surface area contributed by atoms with E-state index in [9.17, 15) is 4.79 Å². The predicted octanol–water partition coefficient (Wildman–Crippen LogP) is 3.04. The van der Waals surface area contributed by atoms with Crippen LogP contribution < -0.4 is 5.32 Å². The Balaban J connectivity index is 1.80. The van der Waals surface area contributed by atoms with Crippen LogP contribution in [0.3, 0.4) is 0 Å². The van der Waals surface area contributed by atoms with Gasteiger partial charge in [0.05, 0.1) is 6.54 Å². The summed E-state index contributed by atoms with van der Waals surface area (Å²) in [5, 5.41) is 12.2. The maximum absolute atomic E-state index is 10.7. The first-order valence-corrected chi connectivity index (χ1v) is 6.72. The van der Waals surface area contributed by atoms with Crippen LogP contribution in [0.4, 0.5) is 0 Å². The first-order chi connectivity index (χ1) is 8.66. The van der Waals surface area contributed by atoms with Gasteiger partial charge in [0.15, 0.2) is 0 Å². The van der Waals surface area contributed by atoms with Crippen molar-refractivity contribution in [3.05, 3.63) is 23.7 Å². The van der Waals surface area contributed by atoms with E-state index in [1.54, 1.807) is 6.07 Å². The molecule has 2 N–H and O–H groups in total. The van der Waals surface area contributed by atoms with Crippen LogP contribution >= 0.6 is 0 Å². The highest BCUT2D eigenvalue weighted by atomic mass is 16.4. The number of nitrogens with one attached hydrogen (secondary N) is 1. The van der Waals surface area contributed by atoms with Gasteiger partial charge >= 0.3 is 5.97 Å². The summed E-state index contributed by atoms with van der Waals surface area (Å²) in [6.45, 7) is 2.81. The largest absolute Gasteiger partial charge is 0.475 e. The Labute approximate surface area is 107 Å². The van der Waals surface area contributed by atoms with E-state index in [0.717, 1.165) is 5.92 Å². The van der Waals surface area contributed by atoms with Crippen molar-refractivity contribution in [3.63, 3.8) is 0 Å². The molecular formula is C14H21NO3. The first-order valence-electron chi connectivity index (χ1n) is 6.72. The predicted molar refractivity (Wildman–Crippen MR) is 68.5 cm³/mol. The van der Waals surface area contributed by atoms with Gasteiger partial charge in [-0.2, -0.15) is 0 Å². The molecule has 1 atom stereocenters. The van der Waals surface area contributed by atoms with E-state index in [0.29, 0.717) is 18.3 Å². The molecule has 4 nitrogen and oxygen atoms in total. The highest BCUT2D eigenvalue weighted by molar-refractivity contribution is 5.84. The lowest BCUT2D eigenvalue weighted by atomic mass is 9.84. The zero-order valence-electron chi connectivity index (χ0n) is 10.8. The van der Waals surface area contributed by atoms with Crippen LogP contribution in [0.5, 0.6) is 0 Å². The number of furan rings is 1. The van der Waals surface area contributed by atoms with Crippen molar-refractivity contribution in [3.8, 4) is 0 Å². The monoisotopic (exact) mass is 251 g/mol. The summed E-state index contributed by atoms with van der Waals surface area (Å²) in [7, 11) is 0. The van der Waals surface area contributed by atoms with Crippen LogP contribution in [0.15, 0.2) is 16.5 Å². The molecule has 0 aliphatic heterocycles. The minimum atomic E-state index is -1.01. The van der Waals surface area contributed by atoms with Gasteiger partial charge in [-0.05, 0) is 37.8 Å². The van der Waals surface area contributed by atoms with Gasteiger partial charge in [-0.1, -0.05) is 19.3 Å². The van der Waals surface area contributed by atoms with Crippen molar-refractivity contribution in [2.45, 2.75) is 51.6 Å². The molecule has 0 radical (unpaired) electrons. The molecule has 2 rings (SSSR count). The third-order valence-corrected chi connectivity index (χ3v) is 3.83. The summed E-state index contributed by atoms with van der Waals surface area (Å²) in [6.07, 6.45) is 6.63. The molecule has 4 heteroatoms. The summed E-state index contributed by atoms with van der Waals surface area (Å²) < 4.78 is 5.22. The molecule has 0 spiro atoms. The maximum Gasteiger partial charge on any atom is 0.371 e. The minimum Gasteiger partial charge on any atom is -0.475 e. The fourth-order valence-corrected chi connectivity index (χ4v) is 2.65. The van der Waals surface area contributed by atoms with Crippen molar-refractivity contribution < 1.29 is 14.3 Å². The fourth-order valence-electron chi connectivity index (χ4n) is 2.65. The summed E-state index contributed by atoms with van der Waals surface area (Å²) in [4.78, 5) is 10.7. The fraction of sp³-hybridized carbons (Fsp3) is 0.643. The Hall–Kier alpha value is -1.29. The molecular weight excluding hydrogens is 230 g/mol. The number of carboxylic acid groups (broad SMARTS) is 1. The lowest BCUT2D eigenvalue weighted by Crippen LogP contribution is -2.34. The van der Waals surface area contributed by atoms with Crippen LogP contribution in [0, 0.1) is 5.92 Å².